The lowest BCUT2D eigenvalue weighted by Crippen LogP contribution is -2.26. The Hall–Kier alpha value is -1.02. The van der Waals surface area contributed by atoms with Crippen LogP contribution in [0.2, 0.25) is 0 Å². The maximum absolute atomic E-state index is 5.79. The summed E-state index contributed by atoms with van der Waals surface area (Å²) in [4.78, 5) is 2.31. The van der Waals surface area contributed by atoms with Crippen LogP contribution in [0.1, 0.15) is 30.0 Å². The standard InChI is InChI=1S/C14H24N2/c1-10-8-11(2)14(12(3)9-10)16(5)7-6-13(4)15/h8-9,13H,6-7,15H2,1-5H3. The normalized spacial score (nSPS) is 12.6. The maximum Gasteiger partial charge on any atom is 0.0423 e. The van der Waals surface area contributed by atoms with Crippen molar-refractivity contribution in [1.29, 1.82) is 0 Å². The van der Waals surface area contributed by atoms with Crippen LogP contribution in [0.25, 0.3) is 0 Å². The molecule has 1 rings (SSSR count). The number of hydrogen-bond acceptors (Lipinski definition) is 2. The zero-order valence-corrected chi connectivity index (χ0v) is 11.2. The minimum atomic E-state index is 0.272. The summed E-state index contributed by atoms with van der Waals surface area (Å²) in [5.74, 6) is 0. The summed E-state index contributed by atoms with van der Waals surface area (Å²) in [6, 6.07) is 4.75. The van der Waals surface area contributed by atoms with E-state index in [1.165, 1.54) is 22.4 Å². The van der Waals surface area contributed by atoms with Gasteiger partial charge in [-0.25, -0.2) is 0 Å². The molecule has 0 saturated heterocycles. The smallest absolute Gasteiger partial charge is 0.0423 e. The average Bonchev–Trinajstić information content (AvgIpc) is 2.12. The Bertz CT molecular complexity index is 333. The molecule has 0 amide bonds. The highest BCUT2D eigenvalue weighted by Gasteiger charge is 2.09. The van der Waals surface area contributed by atoms with Crippen molar-refractivity contribution in [3.05, 3.63) is 28.8 Å². The molecule has 1 aromatic carbocycles. The number of nitrogens with zero attached hydrogens (tertiary/aromatic N) is 1. The van der Waals surface area contributed by atoms with Gasteiger partial charge in [-0.15, -0.1) is 0 Å². The first-order valence-electron chi connectivity index (χ1n) is 5.96. The van der Waals surface area contributed by atoms with E-state index < -0.39 is 0 Å². The summed E-state index contributed by atoms with van der Waals surface area (Å²) < 4.78 is 0. The van der Waals surface area contributed by atoms with Crippen molar-refractivity contribution in [2.45, 2.75) is 40.2 Å². The Morgan fingerprint density at radius 3 is 2.12 bits per heavy atom. The molecule has 16 heavy (non-hydrogen) atoms. The zero-order valence-electron chi connectivity index (χ0n) is 11.2. The minimum Gasteiger partial charge on any atom is -0.374 e. The Morgan fingerprint density at radius 2 is 1.69 bits per heavy atom. The topological polar surface area (TPSA) is 29.3 Å². The van der Waals surface area contributed by atoms with E-state index in [-0.39, 0.29) is 6.04 Å². The third kappa shape index (κ3) is 3.24. The minimum absolute atomic E-state index is 0.272. The van der Waals surface area contributed by atoms with E-state index in [9.17, 15) is 0 Å². The molecule has 0 aliphatic carbocycles. The van der Waals surface area contributed by atoms with Crippen molar-refractivity contribution in [2.75, 3.05) is 18.5 Å². The zero-order chi connectivity index (χ0) is 12.3. The van der Waals surface area contributed by atoms with E-state index >= 15 is 0 Å². The molecule has 1 aromatic rings. The number of anilines is 1. The molecule has 0 bridgehead atoms. The van der Waals surface area contributed by atoms with Gasteiger partial charge in [0.05, 0.1) is 0 Å². The van der Waals surface area contributed by atoms with Gasteiger partial charge in [0.25, 0.3) is 0 Å². The third-order valence-corrected chi connectivity index (χ3v) is 2.94. The molecule has 2 heteroatoms. The van der Waals surface area contributed by atoms with Gasteiger partial charge in [0.2, 0.25) is 0 Å². The van der Waals surface area contributed by atoms with Gasteiger partial charge < -0.3 is 10.6 Å². The van der Waals surface area contributed by atoms with Gasteiger partial charge in [-0.2, -0.15) is 0 Å². The van der Waals surface area contributed by atoms with Gasteiger partial charge in [0.15, 0.2) is 0 Å². The summed E-state index contributed by atoms with van der Waals surface area (Å²) in [7, 11) is 2.15. The first-order valence-corrected chi connectivity index (χ1v) is 5.96. The third-order valence-electron chi connectivity index (χ3n) is 2.94. The molecular formula is C14H24N2. The van der Waals surface area contributed by atoms with Crippen LogP contribution in [0.3, 0.4) is 0 Å². The highest BCUT2D eigenvalue weighted by Crippen LogP contribution is 2.25. The first-order chi connectivity index (χ1) is 7.41. The fourth-order valence-corrected chi connectivity index (χ4v) is 2.28. The lowest BCUT2D eigenvalue weighted by molar-refractivity contribution is 0.658. The highest BCUT2D eigenvalue weighted by molar-refractivity contribution is 5.59. The first kappa shape index (κ1) is 13.0. The van der Waals surface area contributed by atoms with Crippen LogP contribution in [0.15, 0.2) is 12.1 Å². The van der Waals surface area contributed by atoms with E-state index in [4.69, 9.17) is 5.73 Å². The molecule has 2 nitrogen and oxygen atoms in total. The Kier molecular flexibility index (Phi) is 4.36. The molecular weight excluding hydrogens is 196 g/mol. The molecule has 0 aliphatic heterocycles. The largest absolute Gasteiger partial charge is 0.374 e. The number of rotatable bonds is 4. The van der Waals surface area contributed by atoms with Crippen molar-refractivity contribution in [1.82, 2.24) is 0 Å². The van der Waals surface area contributed by atoms with Gasteiger partial charge in [0, 0.05) is 25.3 Å². The van der Waals surface area contributed by atoms with E-state index in [0.29, 0.717) is 0 Å². The van der Waals surface area contributed by atoms with Gasteiger partial charge in [0.1, 0.15) is 0 Å². The van der Waals surface area contributed by atoms with Crippen LogP contribution in [-0.4, -0.2) is 19.6 Å². The molecule has 0 aliphatic rings. The molecule has 1 unspecified atom stereocenters. The van der Waals surface area contributed by atoms with Gasteiger partial charge in [-0.1, -0.05) is 17.7 Å². The molecule has 90 valence electrons. The summed E-state index contributed by atoms with van der Waals surface area (Å²) in [5, 5.41) is 0. The Morgan fingerprint density at radius 1 is 1.19 bits per heavy atom. The Labute approximate surface area is 99.5 Å². The summed E-state index contributed by atoms with van der Waals surface area (Å²) >= 11 is 0. The van der Waals surface area contributed by atoms with E-state index in [0.717, 1.165) is 13.0 Å². The second-order valence-corrected chi connectivity index (χ2v) is 4.93. The predicted molar refractivity (Wildman–Crippen MR) is 72.2 cm³/mol. The molecule has 0 spiro atoms. The van der Waals surface area contributed by atoms with Crippen molar-refractivity contribution < 1.29 is 0 Å². The SMILES string of the molecule is Cc1cc(C)c(N(C)CCC(C)N)c(C)c1. The van der Waals surface area contributed by atoms with Crippen LogP contribution in [0.4, 0.5) is 5.69 Å². The van der Waals surface area contributed by atoms with Gasteiger partial charge >= 0.3 is 0 Å². The number of hydrogen-bond donors (Lipinski definition) is 1. The van der Waals surface area contributed by atoms with E-state index in [1.807, 2.05) is 0 Å². The van der Waals surface area contributed by atoms with Crippen molar-refractivity contribution >= 4 is 5.69 Å². The molecule has 0 heterocycles. The fourth-order valence-electron chi connectivity index (χ4n) is 2.28. The van der Waals surface area contributed by atoms with Crippen LogP contribution >= 0.6 is 0 Å². The molecule has 2 N–H and O–H groups in total. The maximum atomic E-state index is 5.79. The fraction of sp³-hybridized carbons (Fsp3) is 0.571. The molecule has 0 saturated carbocycles. The summed E-state index contributed by atoms with van der Waals surface area (Å²) in [6.07, 6.45) is 1.03. The van der Waals surface area contributed by atoms with Crippen molar-refractivity contribution in [3.8, 4) is 0 Å². The van der Waals surface area contributed by atoms with Crippen LogP contribution in [0, 0.1) is 20.8 Å². The van der Waals surface area contributed by atoms with E-state index in [2.05, 4.69) is 51.8 Å². The average molecular weight is 220 g/mol. The summed E-state index contributed by atoms with van der Waals surface area (Å²) in [6.45, 7) is 9.58. The molecule has 0 radical (unpaired) electrons. The highest BCUT2D eigenvalue weighted by atomic mass is 15.1. The van der Waals surface area contributed by atoms with Crippen LogP contribution < -0.4 is 10.6 Å². The number of nitrogens with two attached hydrogens (primary N) is 1. The molecule has 1 atom stereocenters. The van der Waals surface area contributed by atoms with Gasteiger partial charge in [-0.3, -0.25) is 0 Å². The number of aryl methyl sites for hydroxylation is 3. The second kappa shape index (κ2) is 5.35. The van der Waals surface area contributed by atoms with E-state index in [1.54, 1.807) is 0 Å². The molecule has 0 aromatic heterocycles. The van der Waals surface area contributed by atoms with Crippen LogP contribution in [0.5, 0.6) is 0 Å². The second-order valence-electron chi connectivity index (χ2n) is 4.93. The lowest BCUT2D eigenvalue weighted by atomic mass is 10.0. The Balaban J connectivity index is 2.86. The monoisotopic (exact) mass is 220 g/mol. The molecule has 0 fully saturated rings. The lowest BCUT2D eigenvalue weighted by Gasteiger charge is -2.25. The van der Waals surface area contributed by atoms with Crippen molar-refractivity contribution in [3.63, 3.8) is 0 Å². The quantitative estimate of drug-likeness (QED) is 0.845. The van der Waals surface area contributed by atoms with Gasteiger partial charge in [-0.05, 0) is 45.2 Å². The predicted octanol–water partition coefficient (Wildman–Crippen LogP) is 2.79. The number of benzene rings is 1. The van der Waals surface area contributed by atoms with Crippen LogP contribution in [-0.2, 0) is 0 Å². The summed E-state index contributed by atoms with van der Waals surface area (Å²) in [5.41, 5.74) is 11.2. The van der Waals surface area contributed by atoms with Crippen molar-refractivity contribution in [2.24, 2.45) is 5.73 Å².